The molecule has 2 unspecified atom stereocenters. The quantitative estimate of drug-likeness (QED) is 0.769. The zero-order valence-electron chi connectivity index (χ0n) is 10.5. The maximum atomic E-state index is 11.7. The van der Waals surface area contributed by atoms with Crippen molar-refractivity contribution in [1.82, 2.24) is 0 Å². The van der Waals surface area contributed by atoms with E-state index in [-0.39, 0.29) is 17.0 Å². The van der Waals surface area contributed by atoms with E-state index in [4.69, 9.17) is 11.6 Å². The fourth-order valence-corrected chi connectivity index (χ4v) is 3.12. The molecule has 0 aromatic heterocycles. The highest BCUT2D eigenvalue weighted by Crippen LogP contribution is 2.27. The number of sulfone groups is 1. The summed E-state index contributed by atoms with van der Waals surface area (Å²) in [6.07, 6.45) is 0.949. The van der Waals surface area contributed by atoms with Crippen molar-refractivity contribution in [3.63, 3.8) is 0 Å². The SMILES string of the molecule is CCC(c1ccc(S(=O)(=O)CC)cc1)C(C)Cl. The molecule has 0 saturated carbocycles. The van der Waals surface area contributed by atoms with Gasteiger partial charge in [0.1, 0.15) is 0 Å². The van der Waals surface area contributed by atoms with Crippen LogP contribution in [0.2, 0.25) is 0 Å². The Labute approximate surface area is 109 Å². The first-order valence-electron chi connectivity index (χ1n) is 5.89. The van der Waals surface area contributed by atoms with Crippen molar-refractivity contribution in [3.8, 4) is 0 Å². The molecule has 0 spiro atoms. The van der Waals surface area contributed by atoms with Crippen LogP contribution in [0.15, 0.2) is 29.2 Å². The van der Waals surface area contributed by atoms with Crippen LogP contribution in [-0.4, -0.2) is 19.5 Å². The Morgan fingerprint density at radius 1 is 1.18 bits per heavy atom. The Morgan fingerprint density at radius 2 is 1.71 bits per heavy atom. The summed E-state index contributed by atoms with van der Waals surface area (Å²) in [5.74, 6) is 0.408. The van der Waals surface area contributed by atoms with Crippen molar-refractivity contribution in [2.24, 2.45) is 0 Å². The Bertz CT molecular complexity index is 449. The molecule has 0 radical (unpaired) electrons. The van der Waals surface area contributed by atoms with E-state index >= 15 is 0 Å². The zero-order valence-corrected chi connectivity index (χ0v) is 12.1. The van der Waals surface area contributed by atoms with Gasteiger partial charge in [0.2, 0.25) is 0 Å². The van der Waals surface area contributed by atoms with Gasteiger partial charge in [-0.1, -0.05) is 26.0 Å². The minimum atomic E-state index is -3.10. The summed E-state index contributed by atoms with van der Waals surface area (Å²) in [4.78, 5) is 0.390. The average Bonchev–Trinajstić information content (AvgIpc) is 2.30. The van der Waals surface area contributed by atoms with Crippen LogP contribution in [0.1, 0.15) is 38.7 Å². The number of benzene rings is 1. The Morgan fingerprint density at radius 3 is 2.06 bits per heavy atom. The van der Waals surface area contributed by atoms with Gasteiger partial charge in [0.25, 0.3) is 0 Å². The van der Waals surface area contributed by atoms with Gasteiger partial charge < -0.3 is 0 Å². The summed E-state index contributed by atoms with van der Waals surface area (Å²) in [6.45, 7) is 5.70. The van der Waals surface area contributed by atoms with Crippen molar-refractivity contribution >= 4 is 21.4 Å². The van der Waals surface area contributed by atoms with Crippen LogP contribution >= 0.6 is 11.6 Å². The van der Waals surface area contributed by atoms with Gasteiger partial charge in [-0.05, 0) is 37.0 Å². The molecule has 0 N–H and O–H groups in total. The van der Waals surface area contributed by atoms with Crippen LogP contribution in [0.25, 0.3) is 0 Å². The normalized spacial score (nSPS) is 15.5. The summed E-state index contributed by atoms with van der Waals surface area (Å²) >= 11 is 6.12. The summed E-state index contributed by atoms with van der Waals surface area (Å²) in [5.41, 5.74) is 1.10. The first-order valence-corrected chi connectivity index (χ1v) is 7.98. The van der Waals surface area contributed by atoms with Crippen LogP contribution in [0.4, 0.5) is 0 Å². The van der Waals surface area contributed by atoms with Gasteiger partial charge in [-0.15, -0.1) is 11.6 Å². The Balaban J connectivity index is 3.03. The predicted molar refractivity (Wildman–Crippen MR) is 72.5 cm³/mol. The number of halogens is 1. The van der Waals surface area contributed by atoms with Gasteiger partial charge in [-0.2, -0.15) is 0 Å². The van der Waals surface area contributed by atoms with Gasteiger partial charge in [0, 0.05) is 5.38 Å². The molecule has 2 atom stereocenters. The number of hydrogen-bond donors (Lipinski definition) is 0. The first kappa shape index (κ1) is 14.5. The Hall–Kier alpha value is -0.540. The third-order valence-electron chi connectivity index (χ3n) is 3.04. The van der Waals surface area contributed by atoms with E-state index in [9.17, 15) is 8.42 Å². The van der Waals surface area contributed by atoms with Crippen LogP contribution in [-0.2, 0) is 9.84 Å². The second-order valence-corrected chi connectivity index (χ2v) is 7.13. The topological polar surface area (TPSA) is 34.1 Å². The van der Waals surface area contributed by atoms with Gasteiger partial charge in [-0.3, -0.25) is 0 Å². The van der Waals surface area contributed by atoms with Gasteiger partial charge in [0.15, 0.2) is 9.84 Å². The molecule has 1 aromatic rings. The Kier molecular flexibility index (Phi) is 5.02. The maximum absolute atomic E-state index is 11.7. The van der Waals surface area contributed by atoms with Gasteiger partial charge in [-0.25, -0.2) is 8.42 Å². The van der Waals surface area contributed by atoms with Crippen LogP contribution in [0, 0.1) is 0 Å². The largest absolute Gasteiger partial charge is 0.224 e. The molecule has 96 valence electrons. The first-order chi connectivity index (χ1) is 7.92. The summed E-state index contributed by atoms with van der Waals surface area (Å²) in [7, 11) is -3.10. The van der Waals surface area contributed by atoms with E-state index in [1.165, 1.54) is 0 Å². The summed E-state index contributed by atoms with van der Waals surface area (Å²) < 4.78 is 23.3. The van der Waals surface area contributed by atoms with Crippen molar-refractivity contribution in [1.29, 1.82) is 0 Å². The zero-order chi connectivity index (χ0) is 13.1. The third kappa shape index (κ3) is 3.46. The molecule has 0 aliphatic heterocycles. The molecule has 0 bridgehead atoms. The van der Waals surface area contributed by atoms with Gasteiger partial charge >= 0.3 is 0 Å². The van der Waals surface area contributed by atoms with Crippen molar-refractivity contribution in [2.45, 2.75) is 43.4 Å². The molecule has 0 aliphatic carbocycles. The van der Waals surface area contributed by atoms with Crippen molar-refractivity contribution in [3.05, 3.63) is 29.8 Å². The lowest BCUT2D eigenvalue weighted by atomic mass is 9.94. The van der Waals surface area contributed by atoms with E-state index in [1.807, 2.05) is 19.1 Å². The molecule has 2 nitrogen and oxygen atoms in total. The minimum absolute atomic E-state index is 0.0497. The van der Waals surface area contributed by atoms with E-state index in [0.29, 0.717) is 4.90 Å². The molecule has 4 heteroatoms. The van der Waals surface area contributed by atoms with Crippen LogP contribution in [0.3, 0.4) is 0 Å². The molecule has 1 rings (SSSR count). The highest BCUT2D eigenvalue weighted by atomic mass is 35.5. The number of rotatable bonds is 5. The number of hydrogen-bond acceptors (Lipinski definition) is 2. The summed E-state index contributed by atoms with van der Waals surface area (Å²) in [5, 5.41) is 0.0497. The fourth-order valence-electron chi connectivity index (χ4n) is 1.91. The lowest BCUT2D eigenvalue weighted by Gasteiger charge is -2.18. The average molecular weight is 275 g/mol. The molecule has 0 aliphatic rings. The maximum Gasteiger partial charge on any atom is 0.178 e. The number of alkyl halides is 1. The molecular weight excluding hydrogens is 256 g/mol. The van der Waals surface area contributed by atoms with E-state index in [1.54, 1.807) is 19.1 Å². The highest BCUT2D eigenvalue weighted by molar-refractivity contribution is 7.91. The van der Waals surface area contributed by atoms with E-state index < -0.39 is 9.84 Å². The molecule has 17 heavy (non-hydrogen) atoms. The fraction of sp³-hybridized carbons (Fsp3) is 0.538. The molecule has 0 amide bonds. The van der Waals surface area contributed by atoms with Crippen molar-refractivity contribution < 1.29 is 8.42 Å². The predicted octanol–water partition coefficient (Wildman–Crippen LogP) is 3.60. The molecule has 0 fully saturated rings. The molecule has 1 aromatic carbocycles. The van der Waals surface area contributed by atoms with Crippen molar-refractivity contribution in [2.75, 3.05) is 5.75 Å². The van der Waals surface area contributed by atoms with Gasteiger partial charge in [0.05, 0.1) is 10.6 Å². The minimum Gasteiger partial charge on any atom is -0.224 e. The second kappa shape index (κ2) is 5.87. The molecule has 0 heterocycles. The standard InChI is InChI=1S/C13H19ClO2S/c1-4-13(10(3)14)11-6-8-12(9-7-11)17(15,16)5-2/h6-10,13H,4-5H2,1-3H3. The monoisotopic (exact) mass is 274 g/mol. The lowest BCUT2D eigenvalue weighted by molar-refractivity contribution is 0.597. The van der Waals surface area contributed by atoms with E-state index in [0.717, 1.165) is 12.0 Å². The van der Waals surface area contributed by atoms with E-state index in [2.05, 4.69) is 6.92 Å². The third-order valence-corrected chi connectivity index (χ3v) is 5.10. The smallest absolute Gasteiger partial charge is 0.178 e. The van der Waals surface area contributed by atoms with Crippen LogP contribution < -0.4 is 0 Å². The lowest BCUT2D eigenvalue weighted by Crippen LogP contribution is -2.09. The second-order valence-electron chi connectivity index (χ2n) is 4.16. The highest BCUT2D eigenvalue weighted by Gasteiger charge is 2.17. The molecular formula is C13H19ClO2S. The molecule has 0 saturated heterocycles. The van der Waals surface area contributed by atoms with Crippen LogP contribution in [0.5, 0.6) is 0 Å². The summed E-state index contributed by atoms with van der Waals surface area (Å²) in [6, 6.07) is 7.09.